The molecule has 0 bridgehead atoms. The van der Waals surface area contributed by atoms with Gasteiger partial charge in [0, 0.05) is 0 Å². The summed E-state index contributed by atoms with van der Waals surface area (Å²) < 4.78 is 10.8. The molecule has 6 nitrogen and oxygen atoms in total. The van der Waals surface area contributed by atoms with Gasteiger partial charge in [-0.2, -0.15) is 0 Å². The zero-order chi connectivity index (χ0) is 10.6. The fourth-order valence-corrected chi connectivity index (χ4v) is 1.91. The van der Waals surface area contributed by atoms with Gasteiger partial charge in [0.1, 0.15) is 6.04 Å². The molecule has 0 saturated heterocycles. The molecule has 0 amide bonds. The fourth-order valence-electron chi connectivity index (χ4n) is 0.936. The average Bonchev–Trinajstić information content (AvgIpc) is 1.96. The van der Waals surface area contributed by atoms with E-state index in [1.165, 1.54) is 0 Å². The molecule has 0 aliphatic rings. The van der Waals surface area contributed by atoms with Crippen molar-refractivity contribution in [3.63, 3.8) is 0 Å². The van der Waals surface area contributed by atoms with Crippen LogP contribution in [0.2, 0.25) is 0 Å². The van der Waals surface area contributed by atoms with Crippen molar-refractivity contribution in [3.8, 4) is 0 Å². The van der Waals surface area contributed by atoms with E-state index in [1.54, 1.807) is 6.92 Å². The number of hydrogen-bond acceptors (Lipinski definition) is 3. The molecular weight excluding hydrogens is 197 g/mol. The van der Waals surface area contributed by atoms with Crippen LogP contribution in [0.4, 0.5) is 0 Å². The SMILES string of the molecule is CCC(C[C@@H](N)C(=O)O)P(=O)(O)O. The molecule has 0 rings (SSSR count). The highest BCUT2D eigenvalue weighted by molar-refractivity contribution is 7.52. The summed E-state index contributed by atoms with van der Waals surface area (Å²) in [6, 6.07) is -1.21. The minimum absolute atomic E-state index is 0.198. The number of carboxylic acids is 1. The van der Waals surface area contributed by atoms with Gasteiger partial charge in [0.25, 0.3) is 0 Å². The van der Waals surface area contributed by atoms with Crippen LogP contribution in [-0.2, 0) is 9.36 Å². The number of hydrogen-bond donors (Lipinski definition) is 4. The highest BCUT2D eigenvalue weighted by Gasteiger charge is 2.30. The first-order valence-corrected chi connectivity index (χ1v) is 5.50. The molecular formula is C6H14NO5P. The monoisotopic (exact) mass is 211 g/mol. The van der Waals surface area contributed by atoms with E-state index in [1.807, 2.05) is 0 Å². The van der Waals surface area contributed by atoms with Crippen molar-refractivity contribution >= 4 is 13.6 Å². The third-order valence-corrected chi connectivity index (χ3v) is 3.32. The Morgan fingerprint density at radius 1 is 1.54 bits per heavy atom. The van der Waals surface area contributed by atoms with Crippen LogP contribution in [0.15, 0.2) is 0 Å². The normalized spacial score (nSPS) is 16.6. The molecule has 0 radical (unpaired) electrons. The van der Waals surface area contributed by atoms with Crippen molar-refractivity contribution in [3.05, 3.63) is 0 Å². The van der Waals surface area contributed by atoms with E-state index in [0.717, 1.165) is 0 Å². The molecule has 7 heteroatoms. The second-order valence-corrected chi connectivity index (χ2v) is 4.74. The van der Waals surface area contributed by atoms with Crippen molar-refractivity contribution in [2.45, 2.75) is 31.5 Å². The highest BCUT2D eigenvalue weighted by atomic mass is 31.2. The molecule has 2 atom stereocenters. The van der Waals surface area contributed by atoms with E-state index >= 15 is 0 Å². The molecule has 5 N–H and O–H groups in total. The second-order valence-electron chi connectivity index (χ2n) is 2.83. The summed E-state index contributed by atoms with van der Waals surface area (Å²) in [5, 5.41) is 8.41. The maximum Gasteiger partial charge on any atom is 0.328 e. The van der Waals surface area contributed by atoms with Crippen LogP contribution >= 0.6 is 7.60 Å². The molecule has 1 unspecified atom stereocenters. The second kappa shape index (κ2) is 4.72. The minimum atomic E-state index is -4.21. The minimum Gasteiger partial charge on any atom is -0.480 e. The van der Waals surface area contributed by atoms with Crippen LogP contribution in [0, 0.1) is 0 Å². The summed E-state index contributed by atoms with van der Waals surface area (Å²) in [6.07, 6.45) is 0.0152. The van der Waals surface area contributed by atoms with Crippen LogP contribution < -0.4 is 5.73 Å². The Morgan fingerprint density at radius 2 is 2.00 bits per heavy atom. The standard InChI is InChI=1S/C6H14NO5P/c1-2-4(13(10,11)12)3-5(7)6(8)9/h4-5H,2-3,7H2,1H3,(H,8,9)(H2,10,11,12)/t4?,5-/m1/s1. The number of nitrogens with two attached hydrogens (primary N) is 1. The number of carbonyl (C=O) groups is 1. The van der Waals surface area contributed by atoms with Gasteiger partial charge < -0.3 is 20.6 Å². The molecule has 0 spiro atoms. The Morgan fingerprint density at radius 3 is 2.23 bits per heavy atom. The van der Waals surface area contributed by atoms with Crippen LogP contribution in [-0.4, -0.2) is 32.6 Å². The number of carboxylic acid groups (broad SMARTS) is 1. The van der Waals surface area contributed by atoms with Gasteiger partial charge in [0.05, 0.1) is 5.66 Å². The maximum absolute atomic E-state index is 10.8. The van der Waals surface area contributed by atoms with Gasteiger partial charge in [0.15, 0.2) is 0 Å². The molecule has 0 aliphatic heterocycles. The fraction of sp³-hybridized carbons (Fsp3) is 0.833. The first-order chi connectivity index (χ1) is 5.79. The van der Waals surface area contributed by atoms with Crippen molar-refractivity contribution < 1.29 is 24.3 Å². The lowest BCUT2D eigenvalue weighted by Crippen LogP contribution is -2.33. The first-order valence-electron chi connectivity index (χ1n) is 3.82. The van der Waals surface area contributed by atoms with Gasteiger partial charge in [-0.3, -0.25) is 9.36 Å². The lowest BCUT2D eigenvalue weighted by Gasteiger charge is -2.18. The summed E-state index contributed by atoms with van der Waals surface area (Å²) in [5.41, 5.74) is 4.19. The van der Waals surface area contributed by atoms with E-state index < -0.39 is 25.3 Å². The van der Waals surface area contributed by atoms with E-state index in [-0.39, 0.29) is 12.8 Å². The van der Waals surface area contributed by atoms with Crippen molar-refractivity contribution in [1.29, 1.82) is 0 Å². The Kier molecular flexibility index (Phi) is 4.56. The molecule has 0 heterocycles. The third-order valence-electron chi connectivity index (χ3n) is 1.79. The van der Waals surface area contributed by atoms with Crippen LogP contribution in [0.3, 0.4) is 0 Å². The van der Waals surface area contributed by atoms with Gasteiger partial charge in [-0.05, 0) is 12.8 Å². The predicted molar refractivity (Wildman–Crippen MR) is 46.4 cm³/mol. The van der Waals surface area contributed by atoms with Gasteiger partial charge in [-0.1, -0.05) is 6.92 Å². The van der Waals surface area contributed by atoms with Crippen molar-refractivity contribution in [1.82, 2.24) is 0 Å². The average molecular weight is 211 g/mol. The third kappa shape index (κ3) is 4.38. The lowest BCUT2D eigenvalue weighted by molar-refractivity contribution is -0.138. The molecule has 78 valence electrons. The zero-order valence-corrected chi connectivity index (χ0v) is 8.15. The molecule has 0 aromatic rings. The quantitative estimate of drug-likeness (QED) is 0.465. The Bertz CT molecular complexity index is 225. The number of aliphatic carboxylic acids is 1. The number of rotatable bonds is 5. The maximum atomic E-state index is 10.8. The predicted octanol–water partition coefficient (Wildman–Crippen LogP) is -0.255. The van der Waals surface area contributed by atoms with Gasteiger partial charge in [-0.25, -0.2) is 0 Å². The lowest BCUT2D eigenvalue weighted by atomic mass is 10.1. The van der Waals surface area contributed by atoms with Gasteiger partial charge in [0.2, 0.25) is 0 Å². The van der Waals surface area contributed by atoms with Gasteiger partial charge >= 0.3 is 13.6 Å². The summed E-state index contributed by atoms with van der Waals surface area (Å²) in [6.45, 7) is 1.58. The molecule has 0 aliphatic carbocycles. The summed E-state index contributed by atoms with van der Waals surface area (Å²) >= 11 is 0. The first kappa shape index (κ1) is 12.6. The Balaban J connectivity index is 4.31. The van der Waals surface area contributed by atoms with Gasteiger partial charge in [-0.15, -0.1) is 0 Å². The largest absolute Gasteiger partial charge is 0.480 e. The van der Waals surface area contributed by atoms with Crippen molar-refractivity contribution in [2.24, 2.45) is 5.73 Å². The van der Waals surface area contributed by atoms with Crippen LogP contribution in [0.25, 0.3) is 0 Å². The van der Waals surface area contributed by atoms with Crippen molar-refractivity contribution in [2.75, 3.05) is 0 Å². The van der Waals surface area contributed by atoms with Crippen LogP contribution in [0.5, 0.6) is 0 Å². The summed E-state index contributed by atoms with van der Waals surface area (Å²) in [5.74, 6) is -1.24. The Labute approximate surface area is 75.9 Å². The smallest absolute Gasteiger partial charge is 0.328 e. The zero-order valence-electron chi connectivity index (χ0n) is 7.25. The van der Waals surface area contributed by atoms with E-state index in [0.29, 0.717) is 0 Å². The van der Waals surface area contributed by atoms with E-state index in [9.17, 15) is 9.36 Å². The topological polar surface area (TPSA) is 121 Å². The summed E-state index contributed by atoms with van der Waals surface area (Å²) in [4.78, 5) is 27.8. The molecule has 13 heavy (non-hydrogen) atoms. The summed E-state index contributed by atoms with van der Waals surface area (Å²) in [7, 11) is -4.21. The highest BCUT2D eigenvalue weighted by Crippen LogP contribution is 2.44. The molecule has 0 aromatic heterocycles. The molecule has 0 aromatic carbocycles. The van der Waals surface area contributed by atoms with E-state index in [4.69, 9.17) is 20.6 Å². The van der Waals surface area contributed by atoms with E-state index in [2.05, 4.69) is 0 Å². The molecule has 0 saturated carbocycles. The Hall–Kier alpha value is -0.420. The van der Waals surface area contributed by atoms with Crippen LogP contribution in [0.1, 0.15) is 19.8 Å². The molecule has 0 fully saturated rings.